The van der Waals surface area contributed by atoms with Crippen LogP contribution < -0.4 is 14.8 Å². The van der Waals surface area contributed by atoms with E-state index >= 15 is 0 Å². The van der Waals surface area contributed by atoms with Crippen molar-refractivity contribution in [3.8, 4) is 22.8 Å². The molecule has 0 atom stereocenters. The van der Waals surface area contributed by atoms with Crippen molar-refractivity contribution in [1.29, 1.82) is 0 Å². The Labute approximate surface area is 125 Å². The molecule has 0 unspecified atom stereocenters. The summed E-state index contributed by atoms with van der Waals surface area (Å²) in [5, 5.41) is 3.19. The molecule has 0 aliphatic carbocycles. The van der Waals surface area contributed by atoms with Gasteiger partial charge in [0.15, 0.2) is 11.6 Å². The summed E-state index contributed by atoms with van der Waals surface area (Å²) >= 11 is 0. The molecule has 0 saturated carbocycles. The number of hydrogen-bond acceptors (Lipinski definition) is 5. The molecule has 1 heterocycles. The van der Waals surface area contributed by atoms with Gasteiger partial charge in [-0.1, -0.05) is 0 Å². The molecule has 0 amide bonds. The Bertz CT molecular complexity index is 642. The summed E-state index contributed by atoms with van der Waals surface area (Å²) in [5.41, 5.74) is 3.94. The van der Waals surface area contributed by atoms with Gasteiger partial charge in [-0.05, 0) is 44.0 Å². The molecule has 112 valence electrons. The summed E-state index contributed by atoms with van der Waals surface area (Å²) in [5.74, 6) is 2.24. The third-order valence-electron chi connectivity index (χ3n) is 3.35. The molecule has 1 aromatic heterocycles. The van der Waals surface area contributed by atoms with E-state index in [2.05, 4.69) is 21.4 Å². The predicted molar refractivity (Wildman–Crippen MR) is 84.2 cm³/mol. The number of ether oxygens (including phenoxy) is 2. The van der Waals surface area contributed by atoms with Crippen molar-refractivity contribution in [1.82, 2.24) is 9.97 Å². The minimum Gasteiger partial charge on any atom is -0.496 e. The van der Waals surface area contributed by atoms with E-state index in [1.54, 1.807) is 20.5 Å². The summed E-state index contributed by atoms with van der Waals surface area (Å²) in [7, 11) is 3.31. The van der Waals surface area contributed by atoms with Crippen LogP contribution in [-0.4, -0.2) is 30.7 Å². The molecule has 1 N–H and O–H groups in total. The third-order valence-corrected chi connectivity index (χ3v) is 3.35. The number of nitrogens with one attached hydrogen (secondary N) is 1. The second-order valence-electron chi connectivity index (χ2n) is 4.77. The number of nitrogens with zero attached hydrogens (tertiary/aromatic N) is 2. The summed E-state index contributed by atoms with van der Waals surface area (Å²) in [4.78, 5) is 8.64. The quantitative estimate of drug-likeness (QED) is 0.915. The molecule has 2 aromatic rings. The highest BCUT2D eigenvalue weighted by atomic mass is 16.5. The Morgan fingerprint density at radius 2 is 1.81 bits per heavy atom. The van der Waals surface area contributed by atoms with Crippen LogP contribution in [0.5, 0.6) is 11.5 Å². The van der Waals surface area contributed by atoms with Gasteiger partial charge in [0.05, 0.1) is 14.2 Å². The molecule has 0 spiro atoms. The van der Waals surface area contributed by atoms with Crippen molar-refractivity contribution in [2.75, 3.05) is 26.1 Å². The fraction of sp³-hybridized carbons (Fsp3) is 0.375. The average molecular weight is 287 g/mol. The number of aryl methyl sites for hydroxylation is 2. The maximum Gasteiger partial charge on any atom is 0.187 e. The first-order chi connectivity index (χ1) is 10.1. The van der Waals surface area contributed by atoms with Crippen LogP contribution in [0.3, 0.4) is 0 Å². The van der Waals surface area contributed by atoms with E-state index in [1.807, 2.05) is 26.8 Å². The van der Waals surface area contributed by atoms with Crippen LogP contribution in [0.4, 0.5) is 5.82 Å². The minimum atomic E-state index is 0.659. The number of aromatic nitrogens is 2. The lowest BCUT2D eigenvalue weighted by molar-refractivity contribution is 0.411. The zero-order chi connectivity index (χ0) is 15.4. The van der Waals surface area contributed by atoms with Crippen LogP contribution in [0.1, 0.15) is 18.1 Å². The van der Waals surface area contributed by atoms with Crippen molar-refractivity contribution in [2.45, 2.75) is 20.8 Å². The Morgan fingerprint density at radius 1 is 1.05 bits per heavy atom. The SMILES string of the molecule is CCNc1ncnc(-c2cc(C)c(OC)cc2C)c1OC. The van der Waals surface area contributed by atoms with E-state index in [0.717, 1.165) is 34.7 Å². The van der Waals surface area contributed by atoms with Crippen LogP contribution in [0, 0.1) is 13.8 Å². The molecule has 0 aliphatic heterocycles. The molecule has 5 heteroatoms. The van der Waals surface area contributed by atoms with Crippen LogP contribution in [-0.2, 0) is 0 Å². The molecule has 2 rings (SSSR count). The van der Waals surface area contributed by atoms with Gasteiger partial charge >= 0.3 is 0 Å². The number of rotatable bonds is 5. The van der Waals surface area contributed by atoms with Crippen molar-refractivity contribution in [3.05, 3.63) is 29.6 Å². The minimum absolute atomic E-state index is 0.659. The van der Waals surface area contributed by atoms with Crippen LogP contribution >= 0.6 is 0 Å². The number of methoxy groups -OCH3 is 2. The number of benzene rings is 1. The lowest BCUT2D eigenvalue weighted by Gasteiger charge is -2.15. The molecule has 0 bridgehead atoms. The second-order valence-corrected chi connectivity index (χ2v) is 4.77. The van der Waals surface area contributed by atoms with Crippen LogP contribution in [0.2, 0.25) is 0 Å². The summed E-state index contributed by atoms with van der Waals surface area (Å²) < 4.78 is 10.9. The Morgan fingerprint density at radius 3 is 2.43 bits per heavy atom. The molecular formula is C16H21N3O2. The molecule has 0 radical (unpaired) electrons. The van der Waals surface area contributed by atoms with E-state index in [-0.39, 0.29) is 0 Å². The highest BCUT2D eigenvalue weighted by Gasteiger charge is 2.16. The molecule has 5 nitrogen and oxygen atoms in total. The zero-order valence-corrected chi connectivity index (χ0v) is 13.2. The van der Waals surface area contributed by atoms with Gasteiger partial charge in [0.25, 0.3) is 0 Å². The van der Waals surface area contributed by atoms with E-state index < -0.39 is 0 Å². The average Bonchev–Trinajstić information content (AvgIpc) is 2.49. The Balaban J connectivity index is 2.61. The first-order valence-electron chi connectivity index (χ1n) is 6.90. The van der Waals surface area contributed by atoms with E-state index in [0.29, 0.717) is 11.6 Å². The summed E-state index contributed by atoms with van der Waals surface area (Å²) in [6.07, 6.45) is 1.55. The highest BCUT2D eigenvalue weighted by molar-refractivity contribution is 5.76. The fourth-order valence-electron chi connectivity index (χ4n) is 2.32. The van der Waals surface area contributed by atoms with Crippen molar-refractivity contribution in [2.24, 2.45) is 0 Å². The third kappa shape index (κ3) is 2.91. The maximum absolute atomic E-state index is 5.52. The van der Waals surface area contributed by atoms with Gasteiger partial charge in [-0.25, -0.2) is 9.97 Å². The molecule has 0 fully saturated rings. The molecule has 1 aromatic carbocycles. The lowest BCUT2D eigenvalue weighted by Crippen LogP contribution is -2.05. The standard InChI is InChI=1S/C16H21N3O2/c1-6-17-16-15(21-5)14(18-9-19-16)12-7-11(3)13(20-4)8-10(12)2/h7-9H,6H2,1-5H3,(H,17,18,19). The van der Waals surface area contributed by atoms with Crippen molar-refractivity contribution >= 4 is 5.82 Å². The van der Waals surface area contributed by atoms with Crippen LogP contribution in [0.25, 0.3) is 11.3 Å². The van der Waals surface area contributed by atoms with Gasteiger partial charge in [0.2, 0.25) is 0 Å². The Kier molecular flexibility index (Phi) is 4.62. The van der Waals surface area contributed by atoms with Gasteiger partial charge in [0.1, 0.15) is 17.8 Å². The van der Waals surface area contributed by atoms with Crippen LogP contribution in [0.15, 0.2) is 18.5 Å². The largest absolute Gasteiger partial charge is 0.496 e. The van der Waals surface area contributed by atoms with Gasteiger partial charge in [-0.15, -0.1) is 0 Å². The summed E-state index contributed by atoms with van der Waals surface area (Å²) in [6.45, 7) is 6.84. The fourth-order valence-corrected chi connectivity index (χ4v) is 2.32. The van der Waals surface area contributed by atoms with Gasteiger partial charge < -0.3 is 14.8 Å². The lowest BCUT2D eigenvalue weighted by atomic mass is 10.0. The maximum atomic E-state index is 5.52. The highest BCUT2D eigenvalue weighted by Crippen LogP contribution is 2.36. The first kappa shape index (κ1) is 15.1. The second kappa shape index (κ2) is 6.43. The molecule has 0 saturated heterocycles. The predicted octanol–water partition coefficient (Wildman–Crippen LogP) is 3.21. The van der Waals surface area contributed by atoms with Crippen molar-refractivity contribution in [3.63, 3.8) is 0 Å². The zero-order valence-electron chi connectivity index (χ0n) is 13.2. The van der Waals surface area contributed by atoms with Crippen molar-refractivity contribution < 1.29 is 9.47 Å². The number of hydrogen-bond donors (Lipinski definition) is 1. The van der Waals surface area contributed by atoms with Gasteiger partial charge in [0, 0.05) is 12.1 Å². The topological polar surface area (TPSA) is 56.3 Å². The monoisotopic (exact) mass is 287 g/mol. The molecular weight excluding hydrogens is 266 g/mol. The Hall–Kier alpha value is -2.30. The van der Waals surface area contributed by atoms with E-state index in [9.17, 15) is 0 Å². The first-order valence-corrected chi connectivity index (χ1v) is 6.90. The van der Waals surface area contributed by atoms with E-state index in [1.165, 1.54) is 0 Å². The molecule has 0 aliphatic rings. The smallest absolute Gasteiger partial charge is 0.187 e. The normalized spacial score (nSPS) is 10.3. The van der Waals surface area contributed by atoms with Gasteiger partial charge in [-0.3, -0.25) is 0 Å². The number of anilines is 1. The van der Waals surface area contributed by atoms with Gasteiger partial charge in [-0.2, -0.15) is 0 Å². The van der Waals surface area contributed by atoms with E-state index in [4.69, 9.17) is 9.47 Å². The molecule has 21 heavy (non-hydrogen) atoms. The summed E-state index contributed by atoms with van der Waals surface area (Å²) in [6, 6.07) is 4.08.